The molecule has 0 spiro atoms. The zero-order valence-electron chi connectivity index (χ0n) is 13.0. The Morgan fingerprint density at radius 1 is 1.23 bits per heavy atom. The third-order valence-electron chi connectivity index (χ3n) is 4.08. The van der Waals surface area contributed by atoms with E-state index in [1.165, 1.54) is 5.56 Å². The van der Waals surface area contributed by atoms with E-state index < -0.39 is 0 Å². The van der Waals surface area contributed by atoms with Crippen LogP contribution in [0.25, 0.3) is 0 Å². The highest BCUT2D eigenvalue weighted by atomic mass is 16.3. The van der Waals surface area contributed by atoms with Crippen molar-refractivity contribution >= 4 is 5.69 Å². The van der Waals surface area contributed by atoms with E-state index in [4.69, 9.17) is 0 Å². The zero-order valence-corrected chi connectivity index (χ0v) is 13.0. The van der Waals surface area contributed by atoms with Gasteiger partial charge in [0.2, 0.25) is 0 Å². The van der Waals surface area contributed by atoms with E-state index in [0.717, 1.165) is 50.5 Å². The first-order valence-corrected chi connectivity index (χ1v) is 7.75. The Bertz CT molecular complexity index is 612. The van der Waals surface area contributed by atoms with Crippen LogP contribution in [0.3, 0.4) is 0 Å². The quantitative estimate of drug-likeness (QED) is 0.914. The van der Waals surface area contributed by atoms with E-state index in [0.29, 0.717) is 0 Å². The van der Waals surface area contributed by atoms with E-state index in [1.807, 2.05) is 30.1 Å². The Morgan fingerprint density at radius 2 is 2.14 bits per heavy atom. The van der Waals surface area contributed by atoms with Crippen molar-refractivity contribution in [1.29, 1.82) is 0 Å². The van der Waals surface area contributed by atoms with Crippen LogP contribution in [-0.2, 0) is 20.2 Å². The molecule has 6 heteroatoms. The molecule has 0 radical (unpaired) electrons. The lowest BCUT2D eigenvalue weighted by Gasteiger charge is -2.23. The lowest BCUT2D eigenvalue weighted by atomic mass is 10.3. The largest absolute Gasteiger partial charge is 0.390 e. The molecular formula is C16H23N5O. The third-order valence-corrected chi connectivity index (χ3v) is 4.08. The monoisotopic (exact) mass is 301 g/mol. The van der Waals surface area contributed by atoms with Gasteiger partial charge in [-0.15, -0.1) is 0 Å². The molecule has 0 aliphatic carbocycles. The summed E-state index contributed by atoms with van der Waals surface area (Å²) in [5.74, 6) is 0. The highest BCUT2D eigenvalue weighted by Gasteiger charge is 2.16. The molecule has 1 fully saturated rings. The van der Waals surface area contributed by atoms with E-state index in [-0.39, 0.29) is 6.61 Å². The summed E-state index contributed by atoms with van der Waals surface area (Å²) in [4.78, 5) is 9.01. The standard InChI is InChI=1S/C16H23N5O/c1-19-11-14(10-18-19)12-20-5-2-6-21(8-7-20)16-3-4-17-15(9-16)13-22/h3-4,9-11,22H,2,5-8,12-13H2,1H3. The molecule has 1 N–H and O–H groups in total. The van der Waals surface area contributed by atoms with Crippen LogP contribution in [0.4, 0.5) is 5.69 Å². The van der Waals surface area contributed by atoms with Gasteiger partial charge in [0.15, 0.2) is 0 Å². The van der Waals surface area contributed by atoms with Gasteiger partial charge >= 0.3 is 0 Å². The molecule has 1 aliphatic rings. The number of aliphatic hydroxyl groups excluding tert-OH is 1. The summed E-state index contributed by atoms with van der Waals surface area (Å²) in [6, 6.07) is 4.01. The molecule has 2 aromatic rings. The maximum atomic E-state index is 9.23. The van der Waals surface area contributed by atoms with Crippen molar-refractivity contribution < 1.29 is 5.11 Å². The molecule has 3 rings (SSSR count). The van der Waals surface area contributed by atoms with Crippen LogP contribution < -0.4 is 4.90 Å². The van der Waals surface area contributed by atoms with Crippen LogP contribution >= 0.6 is 0 Å². The molecule has 0 amide bonds. The molecule has 22 heavy (non-hydrogen) atoms. The summed E-state index contributed by atoms with van der Waals surface area (Å²) in [5.41, 5.74) is 3.15. The maximum absolute atomic E-state index is 9.23. The van der Waals surface area contributed by atoms with Crippen molar-refractivity contribution in [3.63, 3.8) is 0 Å². The topological polar surface area (TPSA) is 57.4 Å². The van der Waals surface area contributed by atoms with Crippen LogP contribution in [0.5, 0.6) is 0 Å². The minimum Gasteiger partial charge on any atom is -0.390 e. The number of aliphatic hydroxyl groups is 1. The average molecular weight is 301 g/mol. The Kier molecular flexibility index (Phi) is 4.70. The van der Waals surface area contributed by atoms with Crippen molar-refractivity contribution in [1.82, 2.24) is 19.7 Å². The van der Waals surface area contributed by atoms with Crippen LogP contribution in [0.1, 0.15) is 17.7 Å². The van der Waals surface area contributed by atoms with Crippen molar-refractivity contribution in [3.05, 3.63) is 42.0 Å². The van der Waals surface area contributed by atoms with E-state index >= 15 is 0 Å². The molecular weight excluding hydrogens is 278 g/mol. The molecule has 0 bridgehead atoms. The van der Waals surface area contributed by atoms with E-state index in [2.05, 4.69) is 26.1 Å². The molecule has 3 heterocycles. The highest BCUT2D eigenvalue weighted by Crippen LogP contribution is 2.17. The first-order valence-electron chi connectivity index (χ1n) is 7.75. The summed E-state index contributed by atoms with van der Waals surface area (Å²) in [6.45, 7) is 5.12. The number of nitrogens with zero attached hydrogens (tertiary/aromatic N) is 5. The summed E-state index contributed by atoms with van der Waals surface area (Å²) < 4.78 is 1.85. The number of hydrogen-bond acceptors (Lipinski definition) is 5. The summed E-state index contributed by atoms with van der Waals surface area (Å²) in [5, 5.41) is 13.5. The smallest absolute Gasteiger partial charge is 0.0853 e. The van der Waals surface area contributed by atoms with E-state index in [9.17, 15) is 5.11 Å². The van der Waals surface area contributed by atoms with Crippen molar-refractivity contribution in [2.45, 2.75) is 19.6 Å². The zero-order chi connectivity index (χ0) is 15.4. The maximum Gasteiger partial charge on any atom is 0.0853 e. The lowest BCUT2D eigenvalue weighted by Crippen LogP contribution is -2.30. The molecule has 1 saturated heterocycles. The Hall–Kier alpha value is -1.92. The normalized spacial score (nSPS) is 16.7. The van der Waals surface area contributed by atoms with E-state index in [1.54, 1.807) is 6.20 Å². The number of anilines is 1. The molecule has 0 aromatic carbocycles. The Balaban J connectivity index is 1.61. The molecule has 118 valence electrons. The first-order chi connectivity index (χ1) is 10.7. The van der Waals surface area contributed by atoms with Gasteiger partial charge in [0.1, 0.15) is 0 Å². The van der Waals surface area contributed by atoms with Gasteiger partial charge in [-0.25, -0.2) is 0 Å². The van der Waals surface area contributed by atoms with Crippen LogP contribution in [0, 0.1) is 0 Å². The molecule has 0 saturated carbocycles. The predicted octanol–water partition coefficient (Wildman–Crippen LogP) is 1.02. The first kappa shape index (κ1) is 15.0. The Labute approximate surface area is 131 Å². The van der Waals surface area contributed by atoms with Gasteiger partial charge in [0.25, 0.3) is 0 Å². The third kappa shape index (κ3) is 3.64. The fourth-order valence-electron chi connectivity index (χ4n) is 2.95. The van der Waals surface area contributed by atoms with Gasteiger partial charge in [-0.2, -0.15) is 5.10 Å². The number of pyridine rings is 1. The fraction of sp³-hybridized carbons (Fsp3) is 0.500. The second-order valence-corrected chi connectivity index (χ2v) is 5.80. The second kappa shape index (κ2) is 6.89. The van der Waals surface area contributed by atoms with Gasteiger partial charge < -0.3 is 10.0 Å². The minimum absolute atomic E-state index is 0.00515. The number of aromatic nitrogens is 3. The molecule has 0 atom stereocenters. The van der Waals surface area contributed by atoms with Gasteiger partial charge in [-0.05, 0) is 18.6 Å². The van der Waals surface area contributed by atoms with Gasteiger partial charge in [-0.3, -0.25) is 14.6 Å². The summed E-state index contributed by atoms with van der Waals surface area (Å²) in [6.07, 6.45) is 6.94. The summed E-state index contributed by atoms with van der Waals surface area (Å²) >= 11 is 0. The van der Waals surface area contributed by atoms with Crippen molar-refractivity contribution in [2.75, 3.05) is 31.1 Å². The van der Waals surface area contributed by atoms with Gasteiger partial charge in [-0.1, -0.05) is 0 Å². The Morgan fingerprint density at radius 3 is 2.91 bits per heavy atom. The minimum atomic E-state index is -0.00515. The fourth-order valence-corrected chi connectivity index (χ4v) is 2.95. The molecule has 2 aromatic heterocycles. The van der Waals surface area contributed by atoms with Crippen LogP contribution in [0.15, 0.2) is 30.7 Å². The van der Waals surface area contributed by atoms with Crippen LogP contribution in [-0.4, -0.2) is 50.9 Å². The lowest BCUT2D eigenvalue weighted by molar-refractivity contribution is 0.277. The number of aryl methyl sites for hydroxylation is 1. The number of hydrogen-bond donors (Lipinski definition) is 1. The SMILES string of the molecule is Cn1cc(CN2CCCN(c3ccnc(CO)c3)CC2)cn1. The molecule has 1 aliphatic heterocycles. The highest BCUT2D eigenvalue weighted by molar-refractivity contribution is 5.46. The molecule has 0 unspecified atom stereocenters. The molecule has 6 nitrogen and oxygen atoms in total. The number of rotatable bonds is 4. The van der Waals surface area contributed by atoms with Gasteiger partial charge in [0.05, 0.1) is 18.5 Å². The van der Waals surface area contributed by atoms with Crippen LogP contribution in [0.2, 0.25) is 0 Å². The summed E-state index contributed by atoms with van der Waals surface area (Å²) in [7, 11) is 1.95. The average Bonchev–Trinajstić information content (AvgIpc) is 2.81. The van der Waals surface area contributed by atoms with Crippen molar-refractivity contribution in [3.8, 4) is 0 Å². The second-order valence-electron chi connectivity index (χ2n) is 5.80. The van der Waals surface area contributed by atoms with Crippen molar-refractivity contribution in [2.24, 2.45) is 7.05 Å². The predicted molar refractivity (Wildman–Crippen MR) is 85.5 cm³/mol. The van der Waals surface area contributed by atoms with Gasteiger partial charge in [0, 0.05) is 63.4 Å².